The van der Waals surface area contributed by atoms with E-state index >= 15 is 0 Å². The van der Waals surface area contributed by atoms with E-state index in [0.717, 1.165) is 16.7 Å². The first kappa shape index (κ1) is 20.5. The number of aliphatic hydroxyl groups excluding tert-OH is 1. The molecule has 0 fully saturated rings. The second-order valence-corrected chi connectivity index (χ2v) is 8.67. The van der Waals surface area contributed by atoms with Crippen LogP contribution in [0.25, 0.3) is 0 Å². The smallest absolute Gasteiger partial charge is 0.229 e. The summed E-state index contributed by atoms with van der Waals surface area (Å²) < 4.78 is 0. The Bertz CT molecular complexity index is 559. The number of nitrogens with zero attached hydrogens (tertiary/aromatic N) is 1. The van der Waals surface area contributed by atoms with Crippen molar-refractivity contribution in [2.75, 3.05) is 20.2 Å². The molecule has 1 aromatic rings. The van der Waals surface area contributed by atoms with Gasteiger partial charge in [0.2, 0.25) is 5.91 Å². The molecular formula is C20H33NO3. The van der Waals surface area contributed by atoms with Gasteiger partial charge in [0.15, 0.2) is 0 Å². The summed E-state index contributed by atoms with van der Waals surface area (Å²) in [7, 11) is 1.70. The maximum Gasteiger partial charge on any atom is 0.229 e. The topological polar surface area (TPSA) is 60.8 Å². The molecule has 0 radical (unpaired) electrons. The van der Waals surface area contributed by atoms with E-state index in [-0.39, 0.29) is 29.3 Å². The lowest BCUT2D eigenvalue weighted by Gasteiger charge is -2.30. The van der Waals surface area contributed by atoms with Gasteiger partial charge >= 0.3 is 0 Å². The van der Waals surface area contributed by atoms with Crippen molar-refractivity contribution in [1.29, 1.82) is 0 Å². The molecule has 1 aromatic carbocycles. The van der Waals surface area contributed by atoms with E-state index in [9.17, 15) is 9.90 Å². The van der Waals surface area contributed by atoms with E-state index < -0.39 is 0 Å². The van der Waals surface area contributed by atoms with Crippen LogP contribution >= 0.6 is 0 Å². The molecule has 136 valence electrons. The Balaban J connectivity index is 3.46. The highest BCUT2D eigenvalue weighted by molar-refractivity contribution is 5.83. The van der Waals surface area contributed by atoms with Crippen molar-refractivity contribution in [3.05, 3.63) is 28.8 Å². The van der Waals surface area contributed by atoms with E-state index in [1.165, 1.54) is 0 Å². The number of rotatable bonds is 4. The maximum atomic E-state index is 12.6. The van der Waals surface area contributed by atoms with Crippen LogP contribution < -0.4 is 0 Å². The zero-order valence-corrected chi connectivity index (χ0v) is 16.4. The van der Waals surface area contributed by atoms with Gasteiger partial charge in [0.1, 0.15) is 5.75 Å². The van der Waals surface area contributed by atoms with Gasteiger partial charge in [0.25, 0.3) is 0 Å². The van der Waals surface area contributed by atoms with Gasteiger partial charge in [-0.2, -0.15) is 0 Å². The van der Waals surface area contributed by atoms with Gasteiger partial charge in [0, 0.05) is 13.6 Å². The third-order valence-corrected chi connectivity index (χ3v) is 4.43. The molecular weight excluding hydrogens is 302 g/mol. The minimum Gasteiger partial charge on any atom is -0.507 e. The van der Waals surface area contributed by atoms with Crippen LogP contribution in [0, 0.1) is 0 Å². The first-order chi connectivity index (χ1) is 10.8. The number of phenolic OH excluding ortho intramolecular Hbond substituents is 1. The summed E-state index contributed by atoms with van der Waals surface area (Å²) in [4.78, 5) is 14.1. The largest absolute Gasteiger partial charge is 0.507 e. The molecule has 0 saturated carbocycles. The Morgan fingerprint density at radius 3 is 1.83 bits per heavy atom. The fourth-order valence-electron chi connectivity index (χ4n) is 2.78. The molecule has 0 aliphatic heterocycles. The summed E-state index contributed by atoms with van der Waals surface area (Å²) in [6.45, 7) is 14.5. The Kier molecular flexibility index (Phi) is 6.10. The standard InChI is InChI=1S/C20H33NO3/c1-13(18(24)21(8)9-10-22)14-11-15(19(2,3)4)17(23)16(12-14)20(5,6)7/h11-13,22-23H,9-10H2,1-8H3. The molecule has 4 heteroatoms. The number of carbonyl (C=O) groups excluding carboxylic acids is 1. The monoisotopic (exact) mass is 335 g/mol. The molecule has 0 saturated heterocycles. The number of phenols is 1. The molecule has 1 atom stereocenters. The summed E-state index contributed by atoms with van der Waals surface area (Å²) >= 11 is 0. The minimum atomic E-state index is -0.329. The van der Waals surface area contributed by atoms with Crippen molar-refractivity contribution in [2.45, 2.75) is 65.2 Å². The molecule has 0 bridgehead atoms. The maximum absolute atomic E-state index is 12.6. The third-order valence-electron chi connectivity index (χ3n) is 4.43. The minimum absolute atomic E-state index is 0.0329. The van der Waals surface area contributed by atoms with Crippen molar-refractivity contribution in [3.8, 4) is 5.75 Å². The Hall–Kier alpha value is -1.55. The van der Waals surface area contributed by atoms with Crippen molar-refractivity contribution in [1.82, 2.24) is 4.90 Å². The molecule has 0 spiro atoms. The molecule has 4 nitrogen and oxygen atoms in total. The van der Waals surface area contributed by atoms with Gasteiger partial charge in [0.05, 0.1) is 12.5 Å². The Labute approximate surface area is 146 Å². The van der Waals surface area contributed by atoms with E-state index in [1.54, 1.807) is 11.9 Å². The number of hydrogen-bond acceptors (Lipinski definition) is 3. The SMILES string of the molecule is CC(C(=O)N(C)CCO)c1cc(C(C)(C)C)c(O)c(C(C)(C)C)c1. The van der Waals surface area contributed by atoms with Crippen LogP contribution in [0.2, 0.25) is 0 Å². The van der Waals surface area contributed by atoms with Crippen molar-refractivity contribution in [3.63, 3.8) is 0 Å². The highest BCUT2D eigenvalue weighted by Crippen LogP contribution is 2.41. The predicted octanol–water partition coefficient (Wildman–Crippen LogP) is 3.54. The fraction of sp³-hybridized carbons (Fsp3) is 0.650. The summed E-state index contributed by atoms with van der Waals surface area (Å²) in [5.74, 6) is -0.0408. The van der Waals surface area contributed by atoms with Crippen LogP contribution in [-0.4, -0.2) is 41.2 Å². The molecule has 1 unspecified atom stereocenters. The number of hydrogen-bond donors (Lipinski definition) is 2. The van der Waals surface area contributed by atoms with Gasteiger partial charge in [-0.15, -0.1) is 0 Å². The fourth-order valence-corrected chi connectivity index (χ4v) is 2.78. The van der Waals surface area contributed by atoms with E-state index in [1.807, 2.05) is 19.1 Å². The van der Waals surface area contributed by atoms with Crippen LogP contribution in [0.15, 0.2) is 12.1 Å². The van der Waals surface area contributed by atoms with Crippen LogP contribution in [0.4, 0.5) is 0 Å². The van der Waals surface area contributed by atoms with Crippen molar-refractivity contribution in [2.24, 2.45) is 0 Å². The average molecular weight is 335 g/mol. The second-order valence-electron chi connectivity index (χ2n) is 8.67. The number of benzene rings is 1. The first-order valence-corrected chi connectivity index (χ1v) is 8.54. The second kappa shape index (κ2) is 7.14. The average Bonchev–Trinajstić information content (AvgIpc) is 2.43. The highest BCUT2D eigenvalue weighted by atomic mass is 16.3. The summed E-state index contributed by atoms with van der Waals surface area (Å²) in [6, 6.07) is 3.89. The predicted molar refractivity (Wildman–Crippen MR) is 98.6 cm³/mol. The van der Waals surface area contributed by atoms with E-state index in [4.69, 9.17) is 5.11 Å². The Morgan fingerprint density at radius 1 is 1.08 bits per heavy atom. The molecule has 2 N–H and O–H groups in total. The molecule has 0 heterocycles. The zero-order chi connectivity index (χ0) is 18.9. The number of amides is 1. The summed E-state index contributed by atoms with van der Waals surface area (Å²) in [5.41, 5.74) is 2.17. The van der Waals surface area contributed by atoms with Crippen molar-refractivity contribution < 1.29 is 15.0 Å². The quantitative estimate of drug-likeness (QED) is 0.885. The highest BCUT2D eigenvalue weighted by Gasteiger charge is 2.29. The molecule has 0 aliphatic rings. The lowest BCUT2D eigenvalue weighted by Crippen LogP contribution is -2.33. The van der Waals surface area contributed by atoms with Crippen LogP contribution in [0.5, 0.6) is 5.75 Å². The van der Waals surface area contributed by atoms with Crippen LogP contribution in [0.1, 0.15) is 71.1 Å². The molecule has 1 amide bonds. The lowest BCUT2D eigenvalue weighted by molar-refractivity contribution is -0.131. The molecule has 0 aromatic heterocycles. The van der Waals surface area contributed by atoms with Crippen LogP contribution in [0.3, 0.4) is 0 Å². The van der Waals surface area contributed by atoms with Crippen LogP contribution in [-0.2, 0) is 15.6 Å². The van der Waals surface area contributed by atoms with E-state index in [0.29, 0.717) is 12.3 Å². The van der Waals surface area contributed by atoms with Gasteiger partial charge in [-0.25, -0.2) is 0 Å². The lowest BCUT2D eigenvalue weighted by atomic mass is 9.77. The first-order valence-electron chi connectivity index (χ1n) is 8.54. The number of carbonyl (C=O) groups is 1. The number of aromatic hydroxyl groups is 1. The third kappa shape index (κ3) is 4.50. The Morgan fingerprint density at radius 2 is 1.50 bits per heavy atom. The van der Waals surface area contributed by atoms with Gasteiger partial charge in [-0.3, -0.25) is 4.79 Å². The molecule has 0 aliphatic carbocycles. The zero-order valence-electron chi connectivity index (χ0n) is 16.4. The van der Waals surface area contributed by atoms with Crippen molar-refractivity contribution >= 4 is 5.91 Å². The number of aliphatic hydroxyl groups is 1. The van der Waals surface area contributed by atoms with Gasteiger partial charge in [-0.1, -0.05) is 53.7 Å². The summed E-state index contributed by atoms with van der Waals surface area (Å²) in [5, 5.41) is 19.8. The number of likely N-dealkylation sites (N-methyl/N-ethyl adjacent to an activating group) is 1. The summed E-state index contributed by atoms with van der Waals surface area (Å²) in [6.07, 6.45) is 0. The van der Waals surface area contributed by atoms with Gasteiger partial charge in [-0.05, 0) is 34.4 Å². The normalized spacial score (nSPS) is 13.7. The van der Waals surface area contributed by atoms with E-state index in [2.05, 4.69) is 41.5 Å². The molecule has 24 heavy (non-hydrogen) atoms. The molecule has 1 rings (SSSR count). The van der Waals surface area contributed by atoms with Gasteiger partial charge < -0.3 is 15.1 Å².